The Morgan fingerprint density at radius 2 is 1.94 bits per heavy atom. The highest BCUT2D eigenvalue weighted by Gasteiger charge is 2.60. The third-order valence-electron chi connectivity index (χ3n) is 7.75. The number of amides is 1. The summed E-state index contributed by atoms with van der Waals surface area (Å²) in [6, 6.07) is 5.91. The number of fused-ring (bicyclic) bond motifs is 1. The van der Waals surface area contributed by atoms with Gasteiger partial charge in [-0.3, -0.25) is 9.78 Å². The summed E-state index contributed by atoms with van der Waals surface area (Å²) in [5.74, 6) is 7.11. The molecule has 3 aromatic heterocycles. The van der Waals surface area contributed by atoms with Crippen LogP contribution in [0.25, 0.3) is 10.8 Å². The second-order valence-electron chi connectivity index (χ2n) is 10.2. The van der Waals surface area contributed by atoms with Crippen LogP contribution < -0.4 is 10.2 Å². The number of likely N-dealkylation sites (tertiary alicyclic amines) is 1. The summed E-state index contributed by atoms with van der Waals surface area (Å²) in [6.07, 6.45) is 7.49. The van der Waals surface area contributed by atoms with Crippen LogP contribution in [0.4, 0.5) is 11.5 Å². The number of hydrogen-bond acceptors (Lipinski definition) is 7. The highest BCUT2D eigenvalue weighted by Crippen LogP contribution is 2.58. The number of pyridine rings is 3. The number of carbonyl (C=O) groups excluding carboxylic acids is 1. The van der Waals surface area contributed by atoms with Gasteiger partial charge in [0.15, 0.2) is 0 Å². The number of carbonyl (C=O) groups is 1. The number of hydrogen-bond donors (Lipinski definition) is 1. The number of aromatic nitrogens is 3. The number of aryl methyl sites for hydroxylation is 1. The molecule has 6 rings (SSSR count). The molecule has 5 heterocycles. The summed E-state index contributed by atoms with van der Waals surface area (Å²) < 4.78 is 5.43. The van der Waals surface area contributed by atoms with Gasteiger partial charge in [-0.1, -0.05) is 5.92 Å². The van der Waals surface area contributed by atoms with Gasteiger partial charge in [-0.05, 0) is 62.9 Å². The molecule has 1 spiro atoms. The Balaban J connectivity index is 1.22. The SMILES string of the molecule is Cc1ncc(C#Cc2ccc(N3CCOCC3)cn2)c2cc(NC(=O)[C@@H]3C[C@]34CCN(C)C4)ncc12. The molecule has 1 N–H and O–H groups in total. The summed E-state index contributed by atoms with van der Waals surface area (Å²) in [7, 11) is 2.12. The second kappa shape index (κ2) is 9.16. The Morgan fingerprint density at radius 3 is 2.69 bits per heavy atom. The molecule has 8 nitrogen and oxygen atoms in total. The van der Waals surface area contributed by atoms with Crippen LogP contribution in [0.5, 0.6) is 0 Å². The average molecular weight is 483 g/mol. The zero-order valence-electron chi connectivity index (χ0n) is 20.8. The van der Waals surface area contributed by atoms with Crippen LogP contribution in [0.2, 0.25) is 0 Å². The summed E-state index contributed by atoms with van der Waals surface area (Å²) in [4.78, 5) is 31.1. The number of nitrogens with zero attached hydrogens (tertiary/aromatic N) is 5. The molecule has 1 saturated carbocycles. The number of ether oxygens (including phenoxy) is 1. The fourth-order valence-corrected chi connectivity index (χ4v) is 5.53. The monoisotopic (exact) mass is 482 g/mol. The molecule has 2 atom stereocenters. The predicted octanol–water partition coefficient (Wildman–Crippen LogP) is 2.85. The van der Waals surface area contributed by atoms with Crippen LogP contribution in [0, 0.1) is 30.1 Å². The maximum atomic E-state index is 13.0. The Morgan fingerprint density at radius 1 is 1.08 bits per heavy atom. The van der Waals surface area contributed by atoms with Crippen molar-refractivity contribution in [2.45, 2.75) is 19.8 Å². The largest absolute Gasteiger partial charge is 0.378 e. The molecule has 0 bridgehead atoms. The fourth-order valence-electron chi connectivity index (χ4n) is 5.53. The molecule has 36 heavy (non-hydrogen) atoms. The molecule has 3 aliphatic rings. The molecule has 1 amide bonds. The second-order valence-corrected chi connectivity index (χ2v) is 10.2. The van der Waals surface area contributed by atoms with E-state index in [9.17, 15) is 4.79 Å². The molecule has 2 aliphatic heterocycles. The number of anilines is 2. The van der Waals surface area contributed by atoms with Crippen molar-refractivity contribution in [2.75, 3.05) is 56.7 Å². The Labute approximate surface area is 211 Å². The van der Waals surface area contributed by atoms with E-state index in [0.717, 1.165) is 80.0 Å². The minimum atomic E-state index is 0.0696. The molecule has 0 aromatic carbocycles. The van der Waals surface area contributed by atoms with Crippen LogP contribution in [0.1, 0.15) is 29.8 Å². The van der Waals surface area contributed by atoms with E-state index in [4.69, 9.17) is 4.74 Å². The number of morpholine rings is 1. The van der Waals surface area contributed by atoms with Crippen molar-refractivity contribution in [2.24, 2.45) is 11.3 Å². The fraction of sp³-hybridized carbons (Fsp3) is 0.429. The molecule has 3 aromatic rings. The van der Waals surface area contributed by atoms with Crippen LogP contribution in [0.15, 0.2) is 36.8 Å². The summed E-state index contributed by atoms with van der Waals surface area (Å²) >= 11 is 0. The minimum absolute atomic E-state index is 0.0696. The van der Waals surface area contributed by atoms with E-state index >= 15 is 0 Å². The van der Waals surface area contributed by atoms with Gasteiger partial charge in [0.1, 0.15) is 11.5 Å². The Bertz CT molecular complexity index is 1370. The van der Waals surface area contributed by atoms with Crippen molar-refractivity contribution in [3.05, 3.63) is 53.7 Å². The van der Waals surface area contributed by atoms with Gasteiger partial charge in [0.2, 0.25) is 5.91 Å². The minimum Gasteiger partial charge on any atom is -0.378 e. The molecule has 8 heteroatoms. The van der Waals surface area contributed by atoms with Crippen molar-refractivity contribution in [3.8, 4) is 11.8 Å². The van der Waals surface area contributed by atoms with E-state index < -0.39 is 0 Å². The van der Waals surface area contributed by atoms with Gasteiger partial charge >= 0.3 is 0 Å². The van der Waals surface area contributed by atoms with Crippen molar-refractivity contribution in [3.63, 3.8) is 0 Å². The van der Waals surface area contributed by atoms with Crippen molar-refractivity contribution < 1.29 is 9.53 Å². The summed E-state index contributed by atoms with van der Waals surface area (Å²) in [5, 5.41) is 4.91. The van der Waals surface area contributed by atoms with Crippen molar-refractivity contribution in [1.82, 2.24) is 19.9 Å². The Hall–Kier alpha value is -3.54. The molecular weight excluding hydrogens is 452 g/mol. The van der Waals surface area contributed by atoms with Gasteiger partial charge in [-0.2, -0.15) is 0 Å². The molecule has 0 radical (unpaired) electrons. The third kappa shape index (κ3) is 4.41. The van der Waals surface area contributed by atoms with Crippen molar-refractivity contribution in [1.29, 1.82) is 0 Å². The number of nitrogens with one attached hydrogen (secondary N) is 1. The smallest absolute Gasteiger partial charge is 0.229 e. The van der Waals surface area contributed by atoms with Gasteiger partial charge in [0, 0.05) is 54.4 Å². The highest BCUT2D eigenvalue weighted by atomic mass is 16.5. The van der Waals surface area contributed by atoms with Crippen LogP contribution in [-0.2, 0) is 9.53 Å². The third-order valence-corrected chi connectivity index (χ3v) is 7.75. The quantitative estimate of drug-likeness (QED) is 0.575. The first-order valence-electron chi connectivity index (χ1n) is 12.6. The van der Waals surface area contributed by atoms with E-state index in [0.29, 0.717) is 11.5 Å². The van der Waals surface area contributed by atoms with Crippen molar-refractivity contribution >= 4 is 28.2 Å². The van der Waals surface area contributed by atoms with E-state index in [-0.39, 0.29) is 17.2 Å². The maximum absolute atomic E-state index is 13.0. The molecule has 3 fully saturated rings. The lowest BCUT2D eigenvalue weighted by Gasteiger charge is -2.28. The van der Waals surface area contributed by atoms with E-state index in [2.05, 4.69) is 55.0 Å². The summed E-state index contributed by atoms with van der Waals surface area (Å²) in [5.41, 5.74) is 3.61. The van der Waals surface area contributed by atoms with Crippen LogP contribution >= 0.6 is 0 Å². The first-order valence-corrected chi connectivity index (χ1v) is 12.6. The molecular formula is C28H30N6O2. The molecule has 2 saturated heterocycles. The van der Waals surface area contributed by atoms with Gasteiger partial charge < -0.3 is 19.9 Å². The lowest BCUT2D eigenvalue weighted by molar-refractivity contribution is -0.118. The van der Waals surface area contributed by atoms with E-state index in [1.54, 1.807) is 12.4 Å². The van der Waals surface area contributed by atoms with E-state index in [1.807, 2.05) is 25.3 Å². The first kappa shape index (κ1) is 22.9. The standard InChI is InChI=1S/C28H30N6O2/c1-19-24-17-31-26(32-27(35)25-14-28(25)7-8-33(2)18-28)13-23(24)20(15-29-19)3-4-21-5-6-22(16-30-21)34-9-11-36-12-10-34/h5-6,13,15-17,25H,7-12,14,18H2,1-2H3,(H,31,32,35)/t25-,28-/m0/s1. The Kier molecular flexibility index (Phi) is 5.82. The molecule has 184 valence electrons. The first-order chi connectivity index (χ1) is 17.5. The van der Waals surface area contributed by atoms with Gasteiger partial charge in [-0.15, -0.1) is 0 Å². The van der Waals surface area contributed by atoms with Gasteiger partial charge in [-0.25, -0.2) is 9.97 Å². The predicted molar refractivity (Wildman–Crippen MR) is 139 cm³/mol. The highest BCUT2D eigenvalue weighted by molar-refractivity contribution is 5.97. The van der Waals surface area contributed by atoms with Crippen LogP contribution in [-0.4, -0.2) is 72.2 Å². The van der Waals surface area contributed by atoms with Crippen LogP contribution in [0.3, 0.4) is 0 Å². The summed E-state index contributed by atoms with van der Waals surface area (Å²) in [6.45, 7) is 7.25. The lowest BCUT2D eigenvalue weighted by Crippen LogP contribution is -2.36. The lowest BCUT2D eigenvalue weighted by atomic mass is 10.0. The maximum Gasteiger partial charge on any atom is 0.229 e. The van der Waals surface area contributed by atoms with Gasteiger partial charge in [0.05, 0.1) is 30.7 Å². The molecule has 1 aliphatic carbocycles. The number of rotatable bonds is 3. The zero-order chi connectivity index (χ0) is 24.7. The normalized spacial score (nSPS) is 23.5. The van der Waals surface area contributed by atoms with E-state index in [1.165, 1.54) is 0 Å². The molecule has 0 unspecified atom stereocenters. The zero-order valence-corrected chi connectivity index (χ0v) is 20.8. The average Bonchev–Trinajstić information content (AvgIpc) is 3.49. The van der Waals surface area contributed by atoms with Gasteiger partial charge in [0.25, 0.3) is 0 Å². The topological polar surface area (TPSA) is 83.5 Å².